The third-order valence-corrected chi connectivity index (χ3v) is 27.7. The molecule has 0 aromatic heterocycles. The molecule has 19 unspecified atom stereocenters. The molecule has 0 radical (unpaired) electrons. The molecule has 19 atom stereocenters. The van der Waals surface area contributed by atoms with Gasteiger partial charge in [-0.15, -0.1) is 0 Å². The minimum atomic E-state index is -1.59. The third-order valence-electron chi connectivity index (χ3n) is 27.7. The second-order valence-electron chi connectivity index (χ2n) is 31.3. The predicted molar refractivity (Wildman–Crippen MR) is 336 cm³/mol. The number of aliphatic hydroxyl groups is 3. The molecule has 452 valence electrons. The lowest BCUT2D eigenvalue weighted by Gasteiger charge is -2.71. The zero-order chi connectivity index (χ0) is 58.1. The second-order valence-corrected chi connectivity index (χ2v) is 31.3. The summed E-state index contributed by atoms with van der Waals surface area (Å²) in [6.07, 6.45) is 29.3. The number of fused-ring (bicyclic) bond motifs is 5. The molecule has 11 aliphatic rings. The summed E-state index contributed by atoms with van der Waals surface area (Å²) in [7, 11) is 0. The minimum Gasteiger partial charge on any atom is -0.462 e. The average molecular weight is 1150 g/mol. The Balaban J connectivity index is 0.877. The van der Waals surface area contributed by atoms with Crippen molar-refractivity contribution in [3.63, 3.8) is 0 Å². The van der Waals surface area contributed by atoms with Crippen molar-refractivity contribution in [1.29, 1.82) is 0 Å². The third kappa shape index (κ3) is 8.67. The van der Waals surface area contributed by atoms with Crippen molar-refractivity contribution in [2.75, 3.05) is 6.61 Å². The van der Waals surface area contributed by atoms with Crippen molar-refractivity contribution in [3.05, 3.63) is 143 Å². The van der Waals surface area contributed by atoms with E-state index in [1.807, 2.05) is 0 Å². The van der Waals surface area contributed by atoms with E-state index >= 15 is 4.79 Å². The summed E-state index contributed by atoms with van der Waals surface area (Å²) in [6.45, 7) is 7.13. The van der Waals surface area contributed by atoms with Gasteiger partial charge in [0, 0.05) is 23.3 Å². The zero-order valence-corrected chi connectivity index (χ0v) is 51.5. The summed E-state index contributed by atoms with van der Waals surface area (Å²) in [5.41, 5.74) is 5.66. The van der Waals surface area contributed by atoms with Crippen LogP contribution < -0.4 is 0 Å². The van der Waals surface area contributed by atoms with Gasteiger partial charge in [0.2, 0.25) is 0 Å². The number of carbonyl (C=O) groups is 2. The van der Waals surface area contributed by atoms with Gasteiger partial charge in [-0.1, -0.05) is 169 Å². The van der Waals surface area contributed by atoms with E-state index in [1.165, 1.54) is 75.2 Å². The maximum Gasteiger partial charge on any atom is 0.331 e. The van der Waals surface area contributed by atoms with E-state index in [-0.39, 0.29) is 65.4 Å². The Morgan fingerprint density at radius 3 is 2.32 bits per heavy atom. The lowest BCUT2D eigenvalue weighted by Crippen LogP contribution is -2.77. The van der Waals surface area contributed by atoms with E-state index in [0.29, 0.717) is 54.8 Å². The van der Waals surface area contributed by atoms with Gasteiger partial charge in [-0.25, -0.2) is 4.79 Å². The maximum atomic E-state index is 15.5. The van der Waals surface area contributed by atoms with Gasteiger partial charge in [0.05, 0.1) is 29.1 Å². The topological polar surface area (TPSA) is 113 Å². The Morgan fingerprint density at radius 1 is 0.741 bits per heavy atom. The van der Waals surface area contributed by atoms with Gasteiger partial charge in [-0.05, 0) is 230 Å². The summed E-state index contributed by atoms with van der Waals surface area (Å²) >= 11 is 0. The van der Waals surface area contributed by atoms with Gasteiger partial charge in [0.25, 0.3) is 0 Å². The Hall–Kier alpha value is -4.56. The molecule has 9 aliphatic carbocycles. The number of ether oxygens (including phenoxy) is 2. The quantitative estimate of drug-likeness (QED) is 0.101. The first-order valence-electron chi connectivity index (χ1n) is 34.7. The number of aryl methyl sites for hydroxylation is 1. The summed E-state index contributed by atoms with van der Waals surface area (Å²) < 4.78 is 12.8. The van der Waals surface area contributed by atoms with Crippen molar-refractivity contribution in [2.24, 2.45) is 69.0 Å². The van der Waals surface area contributed by atoms with Crippen LogP contribution in [0, 0.1) is 69.0 Å². The Bertz CT molecular complexity index is 3230. The predicted octanol–water partition coefficient (Wildman–Crippen LogP) is 16.5. The Kier molecular flexibility index (Phi) is 14.5. The number of allylic oxidation sites excluding steroid dienone is 1. The van der Waals surface area contributed by atoms with Crippen LogP contribution in [-0.4, -0.2) is 57.8 Å². The summed E-state index contributed by atoms with van der Waals surface area (Å²) in [5.74, 6) is 0.234. The van der Waals surface area contributed by atoms with Crippen LogP contribution in [0.15, 0.2) is 115 Å². The molecule has 2 aliphatic heterocycles. The molecule has 15 rings (SSSR count). The number of benzene rings is 4. The van der Waals surface area contributed by atoms with Gasteiger partial charge in [-0.3, -0.25) is 4.79 Å². The number of cyclic esters (lactones) is 1. The van der Waals surface area contributed by atoms with E-state index in [1.54, 1.807) is 33.7 Å². The molecule has 2 heterocycles. The van der Waals surface area contributed by atoms with E-state index in [2.05, 4.69) is 124 Å². The second kappa shape index (κ2) is 21.6. The van der Waals surface area contributed by atoms with Crippen LogP contribution >= 0.6 is 0 Å². The number of hydrogen-bond donors (Lipinski definition) is 3. The monoisotopic (exact) mass is 1150 g/mol. The molecule has 4 aromatic rings. The van der Waals surface area contributed by atoms with E-state index in [4.69, 9.17) is 9.47 Å². The highest BCUT2D eigenvalue weighted by Gasteiger charge is 2.77. The van der Waals surface area contributed by atoms with Gasteiger partial charge in [-0.2, -0.15) is 0 Å². The molecule has 7 heteroatoms. The van der Waals surface area contributed by atoms with Crippen molar-refractivity contribution < 1.29 is 34.4 Å². The van der Waals surface area contributed by atoms with E-state index in [0.717, 1.165) is 76.2 Å². The molecular weight excluding hydrogens is 1050 g/mol. The van der Waals surface area contributed by atoms with Crippen LogP contribution in [0.5, 0.6) is 0 Å². The largest absolute Gasteiger partial charge is 0.462 e. The van der Waals surface area contributed by atoms with Crippen LogP contribution in [0.2, 0.25) is 0 Å². The van der Waals surface area contributed by atoms with Gasteiger partial charge in [0.15, 0.2) is 0 Å². The first-order valence-corrected chi connectivity index (χ1v) is 34.7. The minimum absolute atomic E-state index is 0.00196. The van der Waals surface area contributed by atoms with E-state index < -0.39 is 46.6 Å². The normalized spacial score (nSPS) is 41.7. The first kappa shape index (κ1) is 56.9. The number of esters is 2. The van der Waals surface area contributed by atoms with Crippen LogP contribution in [0.4, 0.5) is 0 Å². The highest BCUT2D eigenvalue weighted by molar-refractivity contribution is 5.93. The molecule has 7 fully saturated rings. The van der Waals surface area contributed by atoms with Crippen LogP contribution in [-0.2, 0) is 30.9 Å². The van der Waals surface area contributed by atoms with Crippen LogP contribution in [0.25, 0.3) is 10.8 Å². The molecule has 2 spiro atoms. The molecule has 0 saturated heterocycles. The molecule has 2 bridgehead atoms. The molecule has 0 amide bonds. The molecular formula is C78H98O7. The SMILES string of the molecule is CC(CCCc1ccccc1)CC1C=CC2CCCCC2C(=O)OC2CC(C)C(O)(CCC3=CC(=O)OC3)C3(C(O)CCC(C)(C4CCC56CC7(CCCC7)C7CC8(c9ccccc9)CCCCC8c8ccc9cccc(c9c8C75)C6C4)C23)C1O. The molecule has 7 saturated carbocycles. The van der Waals surface area contributed by atoms with Crippen molar-refractivity contribution in [1.82, 2.24) is 0 Å². The highest BCUT2D eigenvalue weighted by atomic mass is 16.5. The number of rotatable bonds is 11. The smallest absolute Gasteiger partial charge is 0.331 e. The molecule has 85 heavy (non-hydrogen) atoms. The standard InChI is InChI=1S/C78H98O7/c1-49(18-16-21-51-19-6-4-7-20-51)42-55-30-29-53-22-10-11-26-58(53)72(82)85-64-43-50(2)77(83,41-33-52-44-66(80)84-47-52)78(71(55)81)65(79)35-39-73(3,70(64)78)57-34-40-76-48-74(36-14-15-37-74)63-46-75(56-24-8-5-9-25-56)38-13-12-28-61(75)60-32-31-54-23-17-27-59(62(76)45-57)67(54)68(60)69(63)76/h4-9,17,19-20,23-25,27,29-32,44,49-50,53,55,57-58,61-65,69-71,79,81,83H,10-16,18,21-22,26,28,33-43,45-48H2,1-3H3. The lowest BCUT2D eigenvalue weighted by atomic mass is 9.36. The number of hydrogen-bond acceptors (Lipinski definition) is 7. The fraction of sp³-hybridized carbons (Fsp3) is 0.641. The maximum absolute atomic E-state index is 15.5. The molecule has 3 N–H and O–H groups in total. The number of aliphatic hydroxyl groups excluding tert-OH is 2. The summed E-state index contributed by atoms with van der Waals surface area (Å²) in [4.78, 5) is 28.2. The van der Waals surface area contributed by atoms with Gasteiger partial charge in [0.1, 0.15) is 12.7 Å². The van der Waals surface area contributed by atoms with Gasteiger partial charge >= 0.3 is 11.9 Å². The van der Waals surface area contributed by atoms with E-state index in [9.17, 15) is 20.1 Å². The van der Waals surface area contributed by atoms with Crippen molar-refractivity contribution in [3.8, 4) is 0 Å². The number of carbonyl (C=O) groups excluding carboxylic acids is 2. The highest BCUT2D eigenvalue weighted by Crippen LogP contribution is 2.81. The average Bonchev–Trinajstić information content (AvgIpc) is 1.69. The fourth-order valence-corrected chi connectivity index (χ4v) is 24.2. The zero-order valence-electron chi connectivity index (χ0n) is 51.5. The Labute approximate surface area is 507 Å². The van der Waals surface area contributed by atoms with Crippen molar-refractivity contribution >= 4 is 22.7 Å². The molecule has 7 nitrogen and oxygen atoms in total. The first-order chi connectivity index (χ1) is 41.2. The fourth-order valence-electron chi connectivity index (χ4n) is 24.2. The van der Waals surface area contributed by atoms with Crippen molar-refractivity contribution in [2.45, 2.75) is 235 Å². The van der Waals surface area contributed by atoms with Crippen LogP contribution in [0.3, 0.4) is 0 Å². The Morgan fingerprint density at radius 2 is 1.52 bits per heavy atom. The van der Waals surface area contributed by atoms with Gasteiger partial charge < -0.3 is 24.8 Å². The van der Waals surface area contributed by atoms with Crippen LogP contribution in [0.1, 0.15) is 227 Å². The summed E-state index contributed by atoms with van der Waals surface area (Å²) in [5, 5.41) is 45.9. The summed E-state index contributed by atoms with van der Waals surface area (Å²) in [6, 6.07) is 35.1. The molecule has 4 aromatic carbocycles. The lowest BCUT2D eigenvalue weighted by molar-refractivity contribution is -0.331.